The molecule has 1 amide bonds. The average Bonchev–Trinajstić information content (AvgIpc) is 2.54. The van der Waals surface area contributed by atoms with Crippen molar-refractivity contribution in [3.8, 4) is 0 Å². The van der Waals surface area contributed by atoms with Crippen molar-refractivity contribution in [3.05, 3.63) is 54.1 Å². The molecule has 26 heavy (non-hydrogen) atoms. The van der Waals surface area contributed by atoms with Gasteiger partial charge < -0.3 is 10.6 Å². The fourth-order valence-corrected chi connectivity index (χ4v) is 3.44. The van der Waals surface area contributed by atoms with Gasteiger partial charge >= 0.3 is 0 Å². The molecule has 0 heterocycles. The fourth-order valence-electron chi connectivity index (χ4n) is 2.21. The minimum absolute atomic E-state index is 0.00130. The molecule has 0 radical (unpaired) electrons. The first kappa shape index (κ1) is 19.9. The lowest BCUT2D eigenvalue weighted by atomic mass is 10.0. The largest absolute Gasteiger partial charge is 0.332 e. The van der Waals surface area contributed by atoms with Gasteiger partial charge in [0, 0.05) is 18.3 Å². The molecule has 0 bridgehead atoms. The summed E-state index contributed by atoms with van der Waals surface area (Å²) < 4.78 is 25.7. The third kappa shape index (κ3) is 5.53. The highest BCUT2D eigenvalue weighted by Gasteiger charge is 2.15. The van der Waals surface area contributed by atoms with Gasteiger partial charge in [0.1, 0.15) is 0 Å². The van der Waals surface area contributed by atoms with Gasteiger partial charge in [-0.15, -0.1) is 0 Å². The lowest BCUT2D eigenvalue weighted by Crippen LogP contribution is -2.28. The first-order valence-corrected chi connectivity index (χ1v) is 9.88. The molecule has 0 aliphatic heterocycles. The van der Waals surface area contributed by atoms with Crippen LogP contribution < -0.4 is 15.4 Å². The lowest BCUT2D eigenvalue weighted by Gasteiger charge is -2.12. The molecule has 0 aliphatic carbocycles. The summed E-state index contributed by atoms with van der Waals surface area (Å²) in [7, 11) is -3.84. The van der Waals surface area contributed by atoms with Gasteiger partial charge in [-0.25, -0.2) is 13.1 Å². The van der Waals surface area contributed by atoms with E-state index in [4.69, 9.17) is 12.2 Å². The van der Waals surface area contributed by atoms with Gasteiger partial charge in [0.15, 0.2) is 5.11 Å². The van der Waals surface area contributed by atoms with Crippen LogP contribution in [0.3, 0.4) is 0 Å². The van der Waals surface area contributed by atoms with E-state index in [0.29, 0.717) is 16.7 Å². The highest BCUT2D eigenvalue weighted by Crippen LogP contribution is 2.18. The molecule has 0 spiro atoms. The standard InChI is InChI=1S/C18H21N3O3S2/c1-12(2)14-4-6-15(7-5-14)19-18(25)20-16-8-10-17(11-9-16)26(23,24)21-13(3)22/h4-12H,1-3H3,(H,21,22)(H2,19,20,25). The molecule has 0 aromatic heterocycles. The van der Waals surface area contributed by atoms with Gasteiger partial charge in [0.05, 0.1) is 4.90 Å². The van der Waals surface area contributed by atoms with Crippen LogP contribution in [0.2, 0.25) is 0 Å². The Kier molecular flexibility index (Phi) is 6.33. The quantitative estimate of drug-likeness (QED) is 0.677. The van der Waals surface area contributed by atoms with Crippen LogP contribution in [-0.4, -0.2) is 19.4 Å². The predicted octanol–water partition coefficient (Wildman–Crippen LogP) is 3.44. The number of rotatable bonds is 5. The Morgan fingerprint density at radius 1 is 0.923 bits per heavy atom. The smallest absolute Gasteiger partial charge is 0.264 e. The Bertz CT molecular complexity index is 890. The first-order chi connectivity index (χ1) is 12.2. The van der Waals surface area contributed by atoms with E-state index in [0.717, 1.165) is 12.6 Å². The van der Waals surface area contributed by atoms with Crippen molar-refractivity contribution >= 4 is 44.6 Å². The average molecular weight is 392 g/mol. The maximum absolute atomic E-state index is 11.9. The van der Waals surface area contributed by atoms with E-state index in [1.165, 1.54) is 17.7 Å². The van der Waals surface area contributed by atoms with Gasteiger partial charge in [-0.2, -0.15) is 0 Å². The summed E-state index contributed by atoms with van der Waals surface area (Å²) in [5.41, 5.74) is 2.73. The minimum atomic E-state index is -3.84. The van der Waals surface area contributed by atoms with Gasteiger partial charge in [-0.1, -0.05) is 26.0 Å². The van der Waals surface area contributed by atoms with Crippen molar-refractivity contribution in [2.75, 3.05) is 10.6 Å². The second kappa shape index (κ2) is 8.29. The van der Waals surface area contributed by atoms with Crippen LogP contribution in [0, 0.1) is 0 Å². The number of thiocarbonyl (C=S) groups is 1. The van der Waals surface area contributed by atoms with Gasteiger partial charge in [-0.3, -0.25) is 4.79 Å². The van der Waals surface area contributed by atoms with Crippen LogP contribution >= 0.6 is 12.2 Å². The molecular weight excluding hydrogens is 370 g/mol. The Morgan fingerprint density at radius 3 is 1.81 bits per heavy atom. The van der Waals surface area contributed by atoms with E-state index in [9.17, 15) is 13.2 Å². The van der Waals surface area contributed by atoms with Crippen molar-refractivity contribution < 1.29 is 13.2 Å². The monoisotopic (exact) mass is 391 g/mol. The molecule has 2 aromatic rings. The molecule has 0 atom stereocenters. The summed E-state index contributed by atoms with van der Waals surface area (Å²) in [5, 5.41) is 6.45. The molecular formula is C18H21N3O3S2. The lowest BCUT2D eigenvalue weighted by molar-refractivity contribution is -0.117. The highest BCUT2D eigenvalue weighted by molar-refractivity contribution is 7.90. The Hall–Kier alpha value is -2.45. The van der Waals surface area contributed by atoms with Crippen molar-refractivity contribution in [1.82, 2.24) is 4.72 Å². The van der Waals surface area contributed by atoms with E-state index in [1.54, 1.807) is 12.1 Å². The zero-order chi connectivity index (χ0) is 19.3. The van der Waals surface area contributed by atoms with E-state index < -0.39 is 15.9 Å². The first-order valence-electron chi connectivity index (χ1n) is 7.99. The maximum Gasteiger partial charge on any atom is 0.264 e. The van der Waals surface area contributed by atoms with Crippen LogP contribution in [0.5, 0.6) is 0 Å². The fraction of sp³-hybridized carbons (Fsp3) is 0.222. The molecule has 138 valence electrons. The molecule has 0 saturated carbocycles. The molecule has 8 heteroatoms. The highest BCUT2D eigenvalue weighted by atomic mass is 32.2. The summed E-state index contributed by atoms with van der Waals surface area (Å²) in [4.78, 5) is 11.0. The van der Waals surface area contributed by atoms with Gasteiger partial charge in [0.25, 0.3) is 10.0 Å². The zero-order valence-corrected chi connectivity index (χ0v) is 16.4. The van der Waals surface area contributed by atoms with Crippen molar-refractivity contribution in [2.24, 2.45) is 0 Å². The van der Waals surface area contributed by atoms with E-state index in [2.05, 4.69) is 24.5 Å². The number of sulfonamides is 1. The van der Waals surface area contributed by atoms with Crippen LogP contribution in [-0.2, 0) is 14.8 Å². The Balaban J connectivity index is 2.00. The van der Waals surface area contributed by atoms with Crippen LogP contribution in [0.4, 0.5) is 11.4 Å². The molecule has 2 aromatic carbocycles. The van der Waals surface area contributed by atoms with E-state index in [1.807, 2.05) is 29.0 Å². The zero-order valence-electron chi connectivity index (χ0n) is 14.7. The van der Waals surface area contributed by atoms with E-state index >= 15 is 0 Å². The minimum Gasteiger partial charge on any atom is -0.332 e. The SMILES string of the molecule is CC(=O)NS(=O)(=O)c1ccc(NC(=S)Nc2ccc(C(C)C)cc2)cc1. The van der Waals surface area contributed by atoms with Crippen molar-refractivity contribution in [3.63, 3.8) is 0 Å². The number of carbonyl (C=O) groups excluding carboxylic acids is 1. The van der Waals surface area contributed by atoms with E-state index in [-0.39, 0.29) is 4.90 Å². The molecule has 0 saturated heterocycles. The third-order valence-corrected chi connectivity index (χ3v) is 5.19. The summed E-state index contributed by atoms with van der Waals surface area (Å²) in [6.07, 6.45) is 0. The number of hydrogen-bond acceptors (Lipinski definition) is 4. The van der Waals surface area contributed by atoms with Crippen molar-refractivity contribution in [1.29, 1.82) is 0 Å². The van der Waals surface area contributed by atoms with Crippen LogP contribution in [0.1, 0.15) is 32.3 Å². The molecule has 0 unspecified atom stereocenters. The number of nitrogens with one attached hydrogen (secondary N) is 3. The topological polar surface area (TPSA) is 87.3 Å². The summed E-state index contributed by atoms with van der Waals surface area (Å²) in [6, 6.07) is 13.9. The number of anilines is 2. The van der Waals surface area contributed by atoms with Gasteiger partial charge in [0.2, 0.25) is 5.91 Å². The molecule has 3 N–H and O–H groups in total. The Morgan fingerprint density at radius 2 is 1.38 bits per heavy atom. The molecule has 0 fully saturated rings. The maximum atomic E-state index is 11.9. The second-order valence-corrected chi connectivity index (χ2v) is 8.13. The van der Waals surface area contributed by atoms with Crippen LogP contribution in [0.25, 0.3) is 0 Å². The van der Waals surface area contributed by atoms with Crippen LogP contribution in [0.15, 0.2) is 53.4 Å². The van der Waals surface area contributed by atoms with Crippen molar-refractivity contribution in [2.45, 2.75) is 31.6 Å². The summed E-state index contributed by atoms with van der Waals surface area (Å²) >= 11 is 5.27. The normalized spacial score (nSPS) is 11.1. The predicted molar refractivity (Wildman–Crippen MR) is 108 cm³/mol. The van der Waals surface area contributed by atoms with Gasteiger partial charge in [-0.05, 0) is 60.1 Å². The third-order valence-electron chi connectivity index (χ3n) is 3.54. The summed E-state index contributed by atoms with van der Waals surface area (Å²) in [5.74, 6) is -0.178. The number of amides is 1. The Labute approximate surface area is 159 Å². The number of hydrogen-bond donors (Lipinski definition) is 3. The number of carbonyl (C=O) groups is 1. The summed E-state index contributed by atoms with van der Waals surface area (Å²) in [6.45, 7) is 5.40. The number of benzene rings is 2. The molecule has 2 rings (SSSR count). The molecule has 6 nitrogen and oxygen atoms in total. The second-order valence-electron chi connectivity index (χ2n) is 6.04. The molecule has 0 aliphatic rings.